The molecule has 0 saturated heterocycles. The quantitative estimate of drug-likeness (QED) is 0.162. The fraction of sp³-hybridized carbons (Fsp3) is 0.241. The van der Waals surface area contributed by atoms with Gasteiger partial charge in [-0.15, -0.1) is 23.8 Å². The van der Waals surface area contributed by atoms with E-state index < -0.39 is 0 Å². The third kappa shape index (κ3) is 9.02. The molecule has 0 unspecified atom stereocenters. The summed E-state index contributed by atoms with van der Waals surface area (Å²) < 4.78 is 2.16. The number of benzene rings is 6. The number of fused-ring (bicyclic) bond motifs is 1. The van der Waals surface area contributed by atoms with Crippen LogP contribution in [0.3, 0.4) is 0 Å². The fourth-order valence-electron chi connectivity index (χ4n) is 8.31. The number of aromatic nitrogens is 3. The molecule has 0 aliphatic heterocycles. The molecular formula is C58H58N3OPt-. The zero-order chi connectivity index (χ0) is 44.3. The number of aromatic hydroxyl groups is 1. The van der Waals surface area contributed by atoms with E-state index >= 15 is 0 Å². The van der Waals surface area contributed by atoms with Gasteiger partial charge in [0.2, 0.25) is 0 Å². The summed E-state index contributed by atoms with van der Waals surface area (Å²) in [5.74, 6) is 0.966. The monoisotopic (exact) mass is 1010 g/mol. The van der Waals surface area contributed by atoms with Crippen molar-refractivity contribution in [1.29, 1.82) is 0 Å². The maximum absolute atomic E-state index is 12.2. The van der Waals surface area contributed by atoms with Crippen molar-refractivity contribution in [2.24, 2.45) is 7.05 Å². The van der Waals surface area contributed by atoms with Crippen LogP contribution in [0.15, 0.2) is 140 Å². The smallest absolute Gasteiger partial charge is 0.143 e. The number of phenols is 1. The van der Waals surface area contributed by atoms with E-state index in [0.717, 1.165) is 94.6 Å². The van der Waals surface area contributed by atoms with Crippen LogP contribution in [0.4, 0.5) is 0 Å². The van der Waals surface area contributed by atoms with Crippen LogP contribution in [0.2, 0.25) is 0 Å². The summed E-state index contributed by atoms with van der Waals surface area (Å²) in [4.78, 5) is 10.4. The molecule has 2 heterocycles. The normalized spacial score (nSPS) is 12.0. The maximum atomic E-state index is 12.2. The summed E-state index contributed by atoms with van der Waals surface area (Å²) in [6.45, 7) is 26.2. The molecule has 8 rings (SSSR count). The van der Waals surface area contributed by atoms with Crippen LogP contribution in [-0.4, -0.2) is 19.6 Å². The van der Waals surface area contributed by atoms with Gasteiger partial charge in [-0.3, -0.25) is 4.98 Å². The average Bonchev–Trinajstić information content (AvgIpc) is 3.57. The Bertz CT molecular complexity index is 2990. The Morgan fingerprint density at radius 3 is 1.83 bits per heavy atom. The topological polar surface area (TPSA) is 50.9 Å². The van der Waals surface area contributed by atoms with Crippen molar-refractivity contribution in [3.8, 4) is 72.9 Å². The van der Waals surface area contributed by atoms with Crippen molar-refractivity contribution >= 4 is 16.6 Å². The number of phenolic OH excluding ortho intramolecular Hbond substituents is 1. The Hall–Kier alpha value is -5.83. The van der Waals surface area contributed by atoms with Crippen LogP contribution in [0.1, 0.15) is 91.5 Å². The summed E-state index contributed by atoms with van der Waals surface area (Å²) in [7, 11) is 2.07. The van der Waals surface area contributed by atoms with E-state index in [1.54, 1.807) is 0 Å². The Balaban J connectivity index is 0.00000595. The van der Waals surface area contributed by atoms with Crippen molar-refractivity contribution in [3.05, 3.63) is 168 Å². The summed E-state index contributed by atoms with van der Waals surface area (Å²) >= 11 is 0. The Labute approximate surface area is 389 Å². The molecule has 0 fully saturated rings. The zero-order valence-electron chi connectivity index (χ0n) is 38.5. The number of imidazole rings is 1. The molecule has 1 N–H and O–H groups in total. The first-order valence-corrected chi connectivity index (χ1v) is 21.6. The summed E-state index contributed by atoms with van der Waals surface area (Å²) in [5, 5.41) is 12.2. The molecule has 0 atom stereocenters. The second-order valence-corrected chi connectivity index (χ2v) is 20.0. The number of pyridine rings is 1. The molecule has 6 aromatic carbocycles. The van der Waals surface area contributed by atoms with E-state index in [9.17, 15) is 5.11 Å². The molecule has 0 aliphatic rings. The molecule has 5 heteroatoms. The van der Waals surface area contributed by atoms with Gasteiger partial charge in [-0.05, 0) is 85.9 Å². The molecule has 63 heavy (non-hydrogen) atoms. The van der Waals surface area contributed by atoms with Gasteiger partial charge in [-0.25, -0.2) is 4.98 Å². The average molecular weight is 1010 g/mol. The van der Waals surface area contributed by atoms with Crippen LogP contribution in [-0.2, 0) is 44.4 Å². The molecule has 0 amide bonds. The van der Waals surface area contributed by atoms with E-state index in [1.807, 2.05) is 25.3 Å². The number of allylic oxidation sites excluding steroid dienone is 1. The van der Waals surface area contributed by atoms with Crippen LogP contribution in [0.25, 0.3) is 83.8 Å². The van der Waals surface area contributed by atoms with E-state index in [1.165, 1.54) is 5.56 Å². The van der Waals surface area contributed by atoms with Gasteiger partial charge in [-0.2, -0.15) is 0 Å². The van der Waals surface area contributed by atoms with Gasteiger partial charge in [-0.1, -0.05) is 188 Å². The summed E-state index contributed by atoms with van der Waals surface area (Å²) in [6.07, 6.45) is 1.85. The molecule has 0 radical (unpaired) electrons. The largest absolute Gasteiger partial charge is 0.507 e. The second-order valence-electron chi connectivity index (χ2n) is 20.0. The first kappa shape index (κ1) is 45.2. The van der Waals surface area contributed by atoms with E-state index in [0.29, 0.717) is 5.82 Å². The molecule has 0 bridgehead atoms. The Morgan fingerprint density at radius 2 is 1.21 bits per heavy atom. The number of aryl methyl sites for hydroxylation is 1. The summed E-state index contributed by atoms with van der Waals surface area (Å²) in [5.41, 5.74) is 17.5. The molecular weight excluding hydrogens is 950 g/mol. The van der Waals surface area contributed by atoms with Crippen LogP contribution >= 0.6 is 0 Å². The Morgan fingerprint density at radius 1 is 0.587 bits per heavy atom. The third-order valence-electron chi connectivity index (χ3n) is 12.1. The van der Waals surface area contributed by atoms with E-state index in [2.05, 4.69) is 202 Å². The molecule has 0 aliphatic carbocycles. The van der Waals surface area contributed by atoms with E-state index in [4.69, 9.17) is 9.97 Å². The third-order valence-corrected chi connectivity index (χ3v) is 12.1. The molecule has 322 valence electrons. The van der Waals surface area contributed by atoms with E-state index in [-0.39, 0.29) is 43.1 Å². The van der Waals surface area contributed by atoms with Crippen molar-refractivity contribution < 1.29 is 26.2 Å². The number of nitrogens with zero attached hydrogens (tertiary/aromatic N) is 3. The first-order chi connectivity index (χ1) is 29.3. The van der Waals surface area contributed by atoms with Crippen LogP contribution < -0.4 is 0 Å². The SMILES string of the molecule is C=C(C)c1ccnc(-c2[c-]c(-c3cc(-c4cc(C(C)(C)C)ccc4-c4ccccc4)cc4c3nc(-c3cc(C(C)(C)C)cc(C(C)(C)C)c3O)n4C)cc(-c3ccccc3)c2)c1.[Pt]. The van der Waals surface area contributed by atoms with Crippen molar-refractivity contribution in [2.45, 2.75) is 85.5 Å². The summed E-state index contributed by atoms with van der Waals surface area (Å²) in [6, 6.07) is 49.3. The molecule has 0 spiro atoms. The maximum Gasteiger partial charge on any atom is 0.143 e. The Kier molecular flexibility index (Phi) is 12.2. The first-order valence-electron chi connectivity index (χ1n) is 21.6. The van der Waals surface area contributed by atoms with Gasteiger partial charge in [0.15, 0.2) is 0 Å². The van der Waals surface area contributed by atoms with Gasteiger partial charge in [0, 0.05) is 45.6 Å². The number of hydrogen-bond acceptors (Lipinski definition) is 3. The van der Waals surface area contributed by atoms with Gasteiger partial charge < -0.3 is 9.67 Å². The minimum Gasteiger partial charge on any atom is -0.507 e. The van der Waals surface area contributed by atoms with Crippen LogP contribution in [0.5, 0.6) is 5.75 Å². The number of rotatable bonds is 7. The predicted molar refractivity (Wildman–Crippen MR) is 262 cm³/mol. The zero-order valence-corrected chi connectivity index (χ0v) is 40.8. The van der Waals surface area contributed by atoms with Gasteiger partial charge in [0.05, 0.1) is 16.6 Å². The molecule has 8 aromatic rings. The van der Waals surface area contributed by atoms with Crippen molar-refractivity contribution in [3.63, 3.8) is 0 Å². The van der Waals surface area contributed by atoms with Gasteiger partial charge >= 0.3 is 0 Å². The van der Waals surface area contributed by atoms with Crippen molar-refractivity contribution in [2.75, 3.05) is 0 Å². The standard InChI is InChI=1S/C58H58N3O.Pt/c1-36(2)39-25-26-59-51(31-39)43-28-40(37-19-15-13-16-20-37)27-41(29-43)48-30-42(47-33-44(56(3,4)5)23-24-46(47)38-21-17-14-18-22-38)32-52-53(48)60-55(61(52)12)49-34-45(57(6,7)8)35-50(54(49)62)58(9,10)11;/h13-28,30-35,62H,1H2,2-12H3;/q-1;. The van der Waals surface area contributed by atoms with Gasteiger partial charge in [0.25, 0.3) is 0 Å². The fourth-order valence-corrected chi connectivity index (χ4v) is 8.31. The predicted octanol–water partition coefficient (Wildman–Crippen LogP) is 15.4. The van der Waals surface area contributed by atoms with Crippen molar-refractivity contribution in [1.82, 2.24) is 14.5 Å². The van der Waals surface area contributed by atoms with Gasteiger partial charge in [0.1, 0.15) is 11.6 Å². The number of hydrogen-bond donors (Lipinski definition) is 1. The van der Waals surface area contributed by atoms with Crippen LogP contribution in [0, 0.1) is 6.07 Å². The molecule has 2 aromatic heterocycles. The second kappa shape index (κ2) is 17.0. The minimum atomic E-state index is -0.298. The minimum absolute atomic E-state index is 0. The molecule has 0 saturated carbocycles. The molecule has 4 nitrogen and oxygen atoms in total.